The lowest BCUT2D eigenvalue weighted by Gasteiger charge is -2.18. The molecule has 74 heavy (non-hydrogen) atoms. The van der Waals surface area contributed by atoms with Crippen LogP contribution in [0.2, 0.25) is 20.1 Å². The zero-order valence-corrected chi connectivity index (χ0v) is 43.3. The first-order chi connectivity index (χ1) is 36.0. The second-order valence-corrected chi connectivity index (χ2v) is 19.4. The quantitative estimate of drug-likeness (QED) is 0.0619. The summed E-state index contributed by atoms with van der Waals surface area (Å²) in [6, 6.07) is 31.4. The van der Waals surface area contributed by atoms with Crippen molar-refractivity contribution in [2.75, 3.05) is 26.2 Å². The Morgan fingerprint density at radius 1 is 0.703 bits per heavy atom. The molecular weight excluding hydrogens is 1020 g/mol. The molecule has 366 valence electrons. The Hall–Kier alpha value is -7.43. The maximum atomic E-state index is 11.7. The third-order valence-corrected chi connectivity index (χ3v) is 14.5. The topological polar surface area (TPSA) is 139 Å². The van der Waals surface area contributed by atoms with Gasteiger partial charge in [-0.2, -0.15) is 5.26 Å². The van der Waals surface area contributed by atoms with Gasteiger partial charge in [0.15, 0.2) is 0 Å². The van der Waals surface area contributed by atoms with Crippen molar-refractivity contribution in [3.8, 4) is 46.1 Å². The number of aromatic nitrogens is 6. The predicted octanol–water partition coefficient (Wildman–Crippen LogP) is 11.3. The van der Waals surface area contributed by atoms with E-state index in [-0.39, 0.29) is 38.6 Å². The number of ether oxygens (including phenoxy) is 1. The van der Waals surface area contributed by atoms with Crippen LogP contribution in [0.25, 0.3) is 60.2 Å². The molecule has 0 unspecified atom stereocenters. The van der Waals surface area contributed by atoms with Crippen LogP contribution in [0.3, 0.4) is 0 Å². The highest BCUT2D eigenvalue weighted by Crippen LogP contribution is 2.41. The predicted molar refractivity (Wildman–Crippen MR) is 291 cm³/mol. The number of hydrogen-bond donors (Lipinski definition) is 0. The van der Waals surface area contributed by atoms with Crippen LogP contribution in [-0.4, -0.2) is 74.5 Å². The molecule has 0 atom stereocenters. The molecule has 0 spiro atoms. The molecule has 0 fully saturated rings. The fraction of sp³-hybridized carbons (Fsp3) is 0.185. The number of hydrogen-bond acceptors (Lipinski definition) is 11. The SMILES string of the molecule is [C-]#[N+]/C(c1cnc2cc(Cl)c(Cl)cc2n1)=c1\c2c(C(C)C)n(B3Oc4ccccc4O3)/c(=C(/C#N)c3cnc4cc(Cl)c(Cl)cc4n3)c2c(-c2ccc(OCCCN(CC)CC)cc2)n1B1Oc2ccccc2O1. The highest BCUT2D eigenvalue weighted by atomic mass is 35.5. The van der Waals surface area contributed by atoms with Gasteiger partial charge in [0.25, 0.3) is 0 Å². The Morgan fingerprint density at radius 3 is 1.70 bits per heavy atom. The molecule has 0 aliphatic carbocycles. The van der Waals surface area contributed by atoms with E-state index >= 15 is 0 Å². The number of para-hydroxylation sites is 4. The number of benzene rings is 5. The average molecular weight is 1060 g/mol. The summed E-state index contributed by atoms with van der Waals surface area (Å²) in [5.41, 5.74) is 4.16. The van der Waals surface area contributed by atoms with Gasteiger partial charge in [0, 0.05) is 29.2 Å². The molecule has 0 saturated carbocycles. The third-order valence-electron chi connectivity index (χ3n) is 13.0. The van der Waals surface area contributed by atoms with E-state index < -0.39 is 14.5 Å². The summed E-state index contributed by atoms with van der Waals surface area (Å²) in [6.45, 7) is 20.8. The minimum atomic E-state index is -1.21. The molecule has 20 heteroatoms. The Kier molecular flexibility index (Phi) is 13.3. The molecule has 0 bridgehead atoms. The summed E-state index contributed by atoms with van der Waals surface area (Å²) in [4.78, 5) is 26.2. The van der Waals surface area contributed by atoms with Gasteiger partial charge in [0.1, 0.15) is 46.1 Å². The van der Waals surface area contributed by atoms with Gasteiger partial charge in [-0.1, -0.05) is 98.4 Å². The zero-order chi connectivity index (χ0) is 51.4. The third kappa shape index (κ3) is 8.66. The van der Waals surface area contributed by atoms with Crippen molar-refractivity contribution < 1.29 is 23.4 Å². The van der Waals surface area contributed by atoms with Crippen LogP contribution in [0.1, 0.15) is 57.1 Å². The summed E-state index contributed by atoms with van der Waals surface area (Å²) in [6.07, 6.45) is 3.89. The largest absolute Gasteiger partial charge is 0.743 e. The van der Waals surface area contributed by atoms with Gasteiger partial charge in [0.2, 0.25) is 5.70 Å². The highest BCUT2D eigenvalue weighted by molar-refractivity contribution is 6.49. The minimum Gasteiger partial charge on any atom is -0.503 e. The van der Waals surface area contributed by atoms with E-state index in [1.807, 2.05) is 95.6 Å². The average Bonchev–Trinajstić information content (AvgIpc) is 4.19. The van der Waals surface area contributed by atoms with Crippen LogP contribution in [0.4, 0.5) is 0 Å². The van der Waals surface area contributed by atoms with Crippen molar-refractivity contribution >= 4 is 105 Å². The van der Waals surface area contributed by atoms with Gasteiger partial charge in [-0.15, -0.1) is 0 Å². The Bertz CT molecular complexity index is 3790. The lowest BCUT2D eigenvalue weighted by atomic mass is 10.0. The maximum absolute atomic E-state index is 11.7. The number of nitriles is 1. The summed E-state index contributed by atoms with van der Waals surface area (Å²) in [7, 11) is -2.37. The van der Waals surface area contributed by atoms with Crippen molar-refractivity contribution in [3.63, 3.8) is 0 Å². The first-order valence-electron chi connectivity index (χ1n) is 23.9. The van der Waals surface area contributed by atoms with Crippen molar-refractivity contribution in [2.24, 2.45) is 0 Å². The fourth-order valence-electron chi connectivity index (χ4n) is 9.61. The van der Waals surface area contributed by atoms with Gasteiger partial charge in [-0.3, -0.25) is 15.0 Å². The van der Waals surface area contributed by atoms with E-state index in [1.165, 1.54) is 12.4 Å². The van der Waals surface area contributed by atoms with Crippen LogP contribution in [0.15, 0.2) is 109 Å². The summed E-state index contributed by atoms with van der Waals surface area (Å²) >= 11 is 26.0. The first kappa shape index (κ1) is 48.8. The molecule has 11 rings (SSSR count). The Labute approximate surface area is 446 Å². The normalized spacial score (nSPS) is 13.6. The second kappa shape index (κ2) is 20.1. The summed E-state index contributed by atoms with van der Waals surface area (Å²) in [5.74, 6) is 2.26. The molecule has 4 aromatic heterocycles. The van der Waals surface area contributed by atoms with E-state index in [0.717, 1.165) is 26.1 Å². The van der Waals surface area contributed by atoms with E-state index in [4.69, 9.17) is 96.3 Å². The van der Waals surface area contributed by atoms with Crippen LogP contribution < -0.4 is 34.1 Å². The second-order valence-electron chi connectivity index (χ2n) is 17.8. The van der Waals surface area contributed by atoms with Gasteiger partial charge in [-0.05, 0) is 104 Å². The summed E-state index contributed by atoms with van der Waals surface area (Å²) in [5, 5.41) is 14.6. The van der Waals surface area contributed by atoms with Gasteiger partial charge in [0.05, 0.1) is 83.6 Å². The van der Waals surface area contributed by atoms with Gasteiger partial charge in [-0.25, -0.2) is 9.83 Å². The van der Waals surface area contributed by atoms with E-state index in [2.05, 4.69) is 29.7 Å². The fourth-order valence-corrected chi connectivity index (χ4v) is 10.2. The Balaban J connectivity index is 1.30. The van der Waals surface area contributed by atoms with Crippen LogP contribution in [0, 0.1) is 17.9 Å². The molecule has 2 aliphatic rings. The molecule has 0 saturated heterocycles. The first-order valence-corrected chi connectivity index (χ1v) is 25.4. The maximum Gasteiger partial charge on any atom is 0.743 e. The molecule has 2 aliphatic heterocycles. The van der Waals surface area contributed by atoms with Crippen molar-refractivity contribution in [3.05, 3.63) is 169 Å². The molecule has 0 amide bonds. The number of halogens is 4. The van der Waals surface area contributed by atoms with Crippen LogP contribution >= 0.6 is 46.4 Å². The van der Waals surface area contributed by atoms with Crippen LogP contribution in [-0.2, 0) is 0 Å². The standard InChI is InChI=1S/C54H41B2Cl4N9O5/c1-6-67(7-2)21-12-22-70-32-19-17-31(18-20-32)52-49-48(54(69(52)56-73-46-15-10-11-16-47(46)74-56)50(62-5)43-29-64-39-24-35(58)37(60)26-41(39)66-43)51(30(3)4)68(55-71-44-13-8-9-14-45(44)72-55)53(49)33(27-61)42-28-63-38-23-34(57)36(59)25-40(38)65-42/h8-11,13-20,23-26,28-30H,6-7,12,21-22H2,1-4H3/b53-33-,54-50+. The zero-order valence-electron chi connectivity index (χ0n) is 40.2. The molecule has 9 aromatic rings. The minimum absolute atomic E-state index is 0.0794. The lowest BCUT2D eigenvalue weighted by molar-refractivity contribution is 0.249. The molecule has 5 aromatic carbocycles. The molecule has 0 radical (unpaired) electrons. The molecule has 0 N–H and O–H groups in total. The van der Waals surface area contributed by atoms with Crippen molar-refractivity contribution in [1.82, 2.24) is 33.8 Å². The number of rotatable bonds is 13. The van der Waals surface area contributed by atoms with E-state index in [9.17, 15) is 5.26 Å². The van der Waals surface area contributed by atoms with Crippen molar-refractivity contribution in [2.45, 2.75) is 40.0 Å². The van der Waals surface area contributed by atoms with E-state index in [0.29, 0.717) is 106 Å². The molecule has 6 heterocycles. The summed E-state index contributed by atoms with van der Waals surface area (Å²) < 4.78 is 37.0. The highest BCUT2D eigenvalue weighted by Gasteiger charge is 2.45. The number of fused-ring (bicyclic) bond motifs is 5. The van der Waals surface area contributed by atoms with Crippen molar-refractivity contribution in [1.29, 1.82) is 5.26 Å². The monoisotopic (exact) mass is 1060 g/mol. The molecular formula is C54H41B2Cl4N9O5. The molecule has 14 nitrogen and oxygen atoms in total. The van der Waals surface area contributed by atoms with Crippen LogP contribution in [0.5, 0.6) is 28.7 Å². The number of nitrogens with zero attached hydrogens (tertiary/aromatic N) is 9. The van der Waals surface area contributed by atoms with E-state index in [1.54, 1.807) is 24.3 Å². The Morgan fingerprint density at radius 2 is 1.20 bits per heavy atom. The smallest absolute Gasteiger partial charge is 0.503 e. The van der Waals surface area contributed by atoms with Gasteiger partial charge >= 0.3 is 14.5 Å². The van der Waals surface area contributed by atoms with Gasteiger partial charge < -0.3 is 37.2 Å². The lowest BCUT2D eigenvalue weighted by Crippen LogP contribution is -2.45.